The van der Waals surface area contributed by atoms with Gasteiger partial charge in [-0.25, -0.2) is 4.79 Å². The molecule has 0 spiro atoms. The summed E-state index contributed by atoms with van der Waals surface area (Å²) in [5.74, 6) is -0.915. The number of rotatable bonds is 15. The van der Waals surface area contributed by atoms with Gasteiger partial charge in [0.05, 0.1) is 12.2 Å². The third-order valence-electron chi connectivity index (χ3n) is 6.22. The highest BCUT2D eigenvalue weighted by molar-refractivity contribution is 6.12. The van der Waals surface area contributed by atoms with Gasteiger partial charge in [0.2, 0.25) is 0 Å². The van der Waals surface area contributed by atoms with Crippen LogP contribution in [-0.4, -0.2) is 34.5 Å². The number of esters is 1. The number of nitrogens with one attached hydrogen (secondary N) is 1. The van der Waals surface area contributed by atoms with E-state index in [2.05, 4.69) is 22.4 Å². The molecule has 1 N–H and O–H groups in total. The van der Waals surface area contributed by atoms with Gasteiger partial charge in [0.1, 0.15) is 0 Å². The van der Waals surface area contributed by atoms with Crippen LogP contribution in [0, 0.1) is 0 Å². The van der Waals surface area contributed by atoms with E-state index in [0.29, 0.717) is 22.8 Å². The Bertz CT molecular complexity index is 1210. The molecule has 0 saturated heterocycles. The predicted octanol–water partition coefficient (Wildman–Crippen LogP) is 6.56. The number of halogens is 3. The zero-order chi connectivity index (χ0) is 28.3. The van der Waals surface area contributed by atoms with Crippen LogP contribution in [0.4, 0.5) is 13.2 Å². The van der Waals surface area contributed by atoms with Crippen LogP contribution in [0.3, 0.4) is 0 Å². The zero-order valence-electron chi connectivity index (χ0n) is 22.2. The van der Waals surface area contributed by atoms with E-state index in [1.807, 2.05) is 0 Å². The fourth-order valence-corrected chi connectivity index (χ4v) is 4.13. The van der Waals surface area contributed by atoms with Gasteiger partial charge in [-0.05, 0) is 37.1 Å². The van der Waals surface area contributed by atoms with Crippen LogP contribution in [0.2, 0.25) is 0 Å². The molecule has 0 fully saturated rings. The summed E-state index contributed by atoms with van der Waals surface area (Å²) in [7, 11) is 0. The second kappa shape index (κ2) is 14.6. The van der Waals surface area contributed by atoms with Crippen LogP contribution >= 0.6 is 0 Å². The molecule has 0 amide bonds. The Hall–Kier alpha value is -3.53. The van der Waals surface area contributed by atoms with Gasteiger partial charge in [0.25, 0.3) is 5.89 Å². The van der Waals surface area contributed by atoms with Crippen molar-refractivity contribution >= 4 is 11.8 Å². The third-order valence-corrected chi connectivity index (χ3v) is 6.22. The van der Waals surface area contributed by atoms with Crippen molar-refractivity contribution in [1.82, 2.24) is 15.5 Å². The Labute approximate surface area is 226 Å². The standard InChI is InChI=1S/C29H34F3N3O4/c1-3-5-6-7-8-9-14-24-34-27(39-35-24)21-17-15-20(16-18-21)19-33-25(28(37)38-4-2)26(36)22-12-10-11-13-23(22)29(30,31)32/h10-13,15-18,25,33H,3-9,14,19H2,1-2H3. The molecular weight excluding hydrogens is 511 g/mol. The normalized spacial score (nSPS) is 12.3. The van der Waals surface area contributed by atoms with E-state index in [1.165, 1.54) is 37.8 Å². The van der Waals surface area contributed by atoms with Crippen molar-refractivity contribution in [3.8, 4) is 11.5 Å². The fourth-order valence-electron chi connectivity index (χ4n) is 4.13. The first kappa shape index (κ1) is 30.0. The van der Waals surface area contributed by atoms with Crippen LogP contribution in [0.5, 0.6) is 0 Å². The number of carbonyl (C=O) groups excluding carboxylic acids is 2. The maximum atomic E-state index is 13.5. The largest absolute Gasteiger partial charge is 0.464 e. The first-order valence-corrected chi connectivity index (χ1v) is 13.3. The van der Waals surface area contributed by atoms with Crippen molar-refractivity contribution in [2.75, 3.05) is 6.61 Å². The Morgan fingerprint density at radius 2 is 1.67 bits per heavy atom. The van der Waals surface area contributed by atoms with Gasteiger partial charge in [0, 0.05) is 24.1 Å². The molecular formula is C29H34F3N3O4. The minimum Gasteiger partial charge on any atom is -0.464 e. The van der Waals surface area contributed by atoms with Gasteiger partial charge >= 0.3 is 12.1 Å². The number of unbranched alkanes of at least 4 members (excludes halogenated alkanes) is 5. The number of aromatic nitrogens is 2. The van der Waals surface area contributed by atoms with E-state index in [9.17, 15) is 22.8 Å². The Kier molecular flexibility index (Phi) is 11.2. The van der Waals surface area contributed by atoms with Crippen molar-refractivity contribution in [3.63, 3.8) is 0 Å². The second-order valence-electron chi connectivity index (χ2n) is 9.20. The lowest BCUT2D eigenvalue weighted by molar-refractivity contribution is -0.144. The third kappa shape index (κ3) is 8.74. The summed E-state index contributed by atoms with van der Waals surface area (Å²) in [5.41, 5.74) is -0.306. The van der Waals surface area contributed by atoms with Crippen LogP contribution in [0.15, 0.2) is 53.1 Å². The lowest BCUT2D eigenvalue weighted by Crippen LogP contribution is -2.44. The number of ether oxygens (including phenoxy) is 1. The maximum absolute atomic E-state index is 13.5. The molecule has 2 aromatic carbocycles. The van der Waals surface area contributed by atoms with Crippen molar-refractivity contribution in [2.45, 2.75) is 77.6 Å². The number of hydrogen-bond acceptors (Lipinski definition) is 7. The summed E-state index contributed by atoms with van der Waals surface area (Å²) in [6.45, 7) is 3.76. The minimum atomic E-state index is -4.75. The molecule has 7 nitrogen and oxygen atoms in total. The highest BCUT2D eigenvalue weighted by Crippen LogP contribution is 2.32. The van der Waals surface area contributed by atoms with E-state index < -0.39 is 35.1 Å². The molecule has 1 aromatic heterocycles. The van der Waals surface area contributed by atoms with Gasteiger partial charge in [-0.1, -0.05) is 74.5 Å². The first-order chi connectivity index (χ1) is 18.7. The van der Waals surface area contributed by atoms with Crippen molar-refractivity contribution < 1.29 is 32.0 Å². The smallest absolute Gasteiger partial charge is 0.417 e. The molecule has 0 aliphatic carbocycles. The Morgan fingerprint density at radius 3 is 2.36 bits per heavy atom. The number of benzene rings is 2. The molecule has 1 atom stereocenters. The Balaban J connectivity index is 1.64. The number of ketones is 1. The molecule has 0 aliphatic rings. The molecule has 1 unspecified atom stereocenters. The quantitative estimate of drug-likeness (QED) is 0.1000. The van der Waals surface area contributed by atoms with Gasteiger partial charge in [-0.15, -0.1) is 0 Å². The summed E-state index contributed by atoms with van der Waals surface area (Å²) in [5, 5.41) is 6.81. The van der Waals surface area contributed by atoms with Crippen LogP contribution < -0.4 is 5.32 Å². The Morgan fingerprint density at radius 1 is 0.974 bits per heavy atom. The molecule has 0 aliphatic heterocycles. The minimum absolute atomic E-state index is 0.0229. The van der Waals surface area contributed by atoms with Crippen LogP contribution in [0.25, 0.3) is 11.5 Å². The predicted molar refractivity (Wildman–Crippen MR) is 140 cm³/mol. The van der Waals surface area contributed by atoms with E-state index in [1.54, 1.807) is 31.2 Å². The van der Waals surface area contributed by atoms with Crippen LogP contribution in [-0.2, 0) is 28.7 Å². The molecule has 39 heavy (non-hydrogen) atoms. The zero-order valence-corrected chi connectivity index (χ0v) is 22.2. The van der Waals surface area contributed by atoms with Gasteiger partial charge in [-0.2, -0.15) is 18.2 Å². The number of nitrogens with zero attached hydrogens (tertiary/aromatic N) is 2. The van der Waals surface area contributed by atoms with Gasteiger partial charge in [-0.3, -0.25) is 10.1 Å². The fraction of sp³-hybridized carbons (Fsp3) is 0.448. The average Bonchev–Trinajstić information content (AvgIpc) is 3.39. The molecule has 10 heteroatoms. The van der Waals surface area contributed by atoms with E-state index in [0.717, 1.165) is 31.4 Å². The lowest BCUT2D eigenvalue weighted by atomic mass is 9.98. The summed E-state index contributed by atoms with van der Waals surface area (Å²) >= 11 is 0. The average molecular weight is 546 g/mol. The van der Waals surface area contributed by atoms with Crippen molar-refractivity contribution in [1.29, 1.82) is 0 Å². The van der Waals surface area contributed by atoms with Crippen LogP contribution in [0.1, 0.15) is 79.7 Å². The van der Waals surface area contributed by atoms with Crippen molar-refractivity contribution in [2.24, 2.45) is 0 Å². The number of Topliss-reactive ketones (excluding diaryl/α,β-unsaturated/α-hetero) is 1. The first-order valence-electron chi connectivity index (χ1n) is 13.3. The summed E-state index contributed by atoms with van der Waals surface area (Å²) in [4.78, 5) is 30.0. The molecule has 3 aromatic rings. The van der Waals surface area contributed by atoms with E-state index in [-0.39, 0.29) is 13.2 Å². The number of hydrogen-bond donors (Lipinski definition) is 1. The summed E-state index contributed by atoms with van der Waals surface area (Å²) in [6, 6.07) is 9.79. The molecule has 0 saturated carbocycles. The van der Waals surface area contributed by atoms with Gasteiger partial charge < -0.3 is 9.26 Å². The lowest BCUT2D eigenvalue weighted by Gasteiger charge is -2.19. The number of alkyl halides is 3. The second-order valence-corrected chi connectivity index (χ2v) is 9.20. The summed E-state index contributed by atoms with van der Waals surface area (Å²) in [6.07, 6.45) is 3.04. The monoisotopic (exact) mass is 545 g/mol. The van der Waals surface area contributed by atoms with E-state index >= 15 is 0 Å². The van der Waals surface area contributed by atoms with E-state index in [4.69, 9.17) is 9.26 Å². The number of carbonyl (C=O) groups is 2. The topological polar surface area (TPSA) is 94.3 Å². The molecule has 210 valence electrons. The molecule has 0 bridgehead atoms. The number of aryl methyl sites for hydroxylation is 1. The van der Waals surface area contributed by atoms with Crippen molar-refractivity contribution in [3.05, 3.63) is 71.0 Å². The molecule has 3 rings (SSSR count). The SMILES string of the molecule is CCCCCCCCc1noc(-c2ccc(CNC(C(=O)OCC)C(=O)c3ccccc3C(F)(F)F)cc2)n1. The maximum Gasteiger partial charge on any atom is 0.417 e. The highest BCUT2D eigenvalue weighted by Gasteiger charge is 2.38. The van der Waals surface area contributed by atoms with Gasteiger partial charge in [0.15, 0.2) is 17.6 Å². The highest BCUT2D eigenvalue weighted by atomic mass is 19.4. The molecule has 1 heterocycles. The molecule has 0 radical (unpaired) electrons. The summed E-state index contributed by atoms with van der Waals surface area (Å²) < 4.78 is 50.7.